The van der Waals surface area contributed by atoms with Crippen molar-refractivity contribution in [3.05, 3.63) is 77.6 Å². The van der Waals surface area contributed by atoms with Gasteiger partial charge in [0.2, 0.25) is 0 Å². The SMILES string of the molecule is Cc1cc(C)n(CCCNC(=O)COC(=O)c2ccc(Oc3ccccc3)cc2)n1. The molecule has 0 aliphatic heterocycles. The summed E-state index contributed by atoms with van der Waals surface area (Å²) in [6.45, 7) is 4.83. The van der Waals surface area contributed by atoms with E-state index in [0.717, 1.165) is 24.4 Å². The van der Waals surface area contributed by atoms with Crippen LogP contribution in [0.5, 0.6) is 11.5 Å². The maximum absolute atomic E-state index is 12.1. The van der Waals surface area contributed by atoms with Gasteiger partial charge in [0.05, 0.1) is 11.3 Å². The van der Waals surface area contributed by atoms with Gasteiger partial charge >= 0.3 is 5.97 Å². The highest BCUT2D eigenvalue weighted by atomic mass is 16.5. The maximum Gasteiger partial charge on any atom is 0.338 e. The molecule has 0 aliphatic carbocycles. The van der Waals surface area contributed by atoms with Gasteiger partial charge in [0.25, 0.3) is 5.91 Å². The quantitative estimate of drug-likeness (QED) is 0.432. The number of aryl methyl sites for hydroxylation is 3. The van der Waals surface area contributed by atoms with E-state index in [1.165, 1.54) is 0 Å². The Labute approximate surface area is 175 Å². The molecule has 0 saturated heterocycles. The molecular weight excluding hydrogens is 382 g/mol. The molecule has 0 radical (unpaired) electrons. The molecule has 3 aromatic rings. The molecule has 7 heteroatoms. The molecule has 156 valence electrons. The Hall–Kier alpha value is -3.61. The number of benzene rings is 2. The van der Waals surface area contributed by atoms with Gasteiger partial charge in [-0.25, -0.2) is 4.79 Å². The minimum Gasteiger partial charge on any atom is -0.457 e. The molecule has 3 rings (SSSR count). The van der Waals surface area contributed by atoms with Crippen molar-refractivity contribution in [2.24, 2.45) is 0 Å². The van der Waals surface area contributed by atoms with Crippen molar-refractivity contribution >= 4 is 11.9 Å². The summed E-state index contributed by atoms with van der Waals surface area (Å²) < 4.78 is 12.7. The molecule has 30 heavy (non-hydrogen) atoms. The number of rotatable bonds is 9. The first-order chi connectivity index (χ1) is 14.5. The zero-order valence-corrected chi connectivity index (χ0v) is 17.1. The van der Waals surface area contributed by atoms with Gasteiger partial charge in [-0.05, 0) is 62.7 Å². The van der Waals surface area contributed by atoms with Gasteiger partial charge < -0.3 is 14.8 Å². The number of aromatic nitrogens is 2. The summed E-state index contributed by atoms with van der Waals surface area (Å²) in [6.07, 6.45) is 0.741. The lowest BCUT2D eigenvalue weighted by Crippen LogP contribution is -2.30. The average molecular weight is 407 g/mol. The fraction of sp³-hybridized carbons (Fsp3) is 0.261. The van der Waals surface area contributed by atoms with Crippen LogP contribution in [0.3, 0.4) is 0 Å². The molecule has 0 bridgehead atoms. The summed E-state index contributed by atoms with van der Waals surface area (Å²) in [7, 11) is 0. The first-order valence-electron chi connectivity index (χ1n) is 9.79. The Morgan fingerprint density at radius 3 is 2.37 bits per heavy atom. The zero-order chi connectivity index (χ0) is 21.3. The lowest BCUT2D eigenvalue weighted by molar-refractivity contribution is -0.124. The molecule has 1 heterocycles. The molecule has 0 aliphatic rings. The van der Waals surface area contributed by atoms with E-state index in [-0.39, 0.29) is 12.5 Å². The van der Waals surface area contributed by atoms with Crippen LogP contribution in [0.15, 0.2) is 60.7 Å². The van der Waals surface area contributed by atoms with E-state index < -0.39 is 5.97 Å². The van der Waals surface area contributed by atoms with E-state index in [9.17, 15) is 9.59 Å². The lowest BCUT2D eigenvalue weighted by Gasteiger charge is -2.08. The summed E-state index contributed by atoms with van der Waals surface area (Å²) in [6, 6.07) is 17.9. The normalized spacial score (nSPS) is 10.5. The van der Waals surface area contributed by atoms with Gasteiger partial charge in [-0.1, -0.05) is 18.2 Å². The molecular formula is C23H25N3O4. The van der Waals surface area contributed by atoms with E-state index in [0.29, 0.717) is 23.6 Å². The van der Waals surface area contributed by atoms with Crippen LogP contribution in [-0.4, -0.2) is 34.8 Å². The van der Waals surface area contributed by atoms with Crippen molar-refractivity contribution in [1.29, 1.82) is 0 Å². The molecule has 0 saturated carbocycles. The van der Waals surface area contributed by atoms with Crippen molar-refractivity contribution in [3.8, 4) is 11.5 Å². The standard InChI is InChI=1S/C23H25N3O4/c1-17-15-18(2)26(25-17)14-6-13-24-22(27)16-29-23(28)19-9-11-21(12-10-19)30-20-7-4-3-5-8-20/h3-5,7-12,15H,6,13-14,16H2,1-2H3,(H,24,27). The van der Waals surface area contributed by atoms with Crippen LogP contribution in [0.4, 0.5) is 0 Å². The molecule has 0 spiro atoms. The van der Waals surface area contributed by atoms with Crippen molar-refractivity contribution < 1.29 is 19.1 Å². The van der Waals surface area contributed by atoms with E-state index in [4.69, 9.17) is 9.47 Å². The number of hydrogen-bond acceptors (Lipinski definition) is 5. The van der Waals surface area contributed by atoms with Crippen LogP contribution >= 0.6 is 0 Å². The summed E-state index contributed by atoms with van der Waals surface area (Å²) in [5.74, 6) is 0.431. The molecule has 0 atom stereocenters. The number of ether oxygens (including phenoxy) is 2. The Morgan fingerprint density at radius 1 is 1.00 bits per heavy atom. The van der Waals surface area contributed by atoms with Crippen LogP contribution in [0.2, 0.25) is 0 Å². The van der Waals surface area contributed by atoms with E-state index in [2.05, 4.69) is 10.4 Å². The van der Waals surface area contributed by atoms with Crippen molar-refractivity contribution in [2.45, 2.75) is 26.8 Å². The van der Waals surface area contributed by atoms with Gasteiger partial charge in [0.1, 0.15) is 11.5 Å². The second-order valence-corrected chi connectivity index (χ2v) is 6.87. The topological polar surface area (TPSA) is 82.5 Å². The van der Waals surface area contributed by atoms with Crippen LogP contribution in [0.1, 0.15) is 28.2 Å². The third kappa shape index (κ3) is 6.20. The monoisotopic (exact) mass is 407 g/mol. The molecule has 0 unspecified atom stereocenters. The van der Waals surface area contributed by atoms with Crippen molar-refractivity contribution in [2.75, 3.05) is 13.2 Å². The smallest absolute Gasteiger partial charge is 0.338 e. The summed E-state index contributed by atoms with van der Waals surface area (Å²) >= 11 is 0. The first-order valence-corrected chi connectivity index (χ1v) is 9.79. The average Bonchev–Trinajstić information content (AvgIpc) is 3.07. The van der Waals surface area contributed by atoms with Gasteiger partial charge in [0, 0.05) is 18.8 Å². The van der Waals surface area contributed by atoms with E-state index >= 15 is 0 Å². The Bertz CT molecular complexity index is 981. The minimum absolute atomic E-state index is 0.318. The highest BCUT2D eigenvalue weighted by molar-refractivity contribution is 5.91. The number of esters is 1. The van der Waals surface area contributed by atoms with Gasteiger partial charge in [-0.2, -0.15) is 5.10 Å². The van der Waals surface area contributed by atoms with Crippen LogP contribution in [0, 0.1) is 13.8 Å². The molecule has 2 aromatic carbocycles. The number of carbonyl (C=O) groups is 2. The molecule has 1 amide bonds. The number of amides is 1. The number of hydrogen-bond donors (Lipinski definition) is 1. The van der Waals surface area contributed by atoms with Gasteiger partial charge in [-0.3, -0.25) is 9.48 Å². The first kappa shape index (κ1) is 21.1. The number of nitrogens with zero attached hydrogens (tertiary/aromatic N) is 2. The number of carbonyl (C=O) groups excluding carboxylic acids is 2. The summed E-state index contributed by atoms with van der Waals surface area (Å²) in [4.78, 5) is 24.0. The Balaban J connectivity index is 1.37. The van der Waals surface area contributed by atoms with Crippen molar-refractivity contribution in [3.63, 3.8) is 0 Å². The highest BCUT2D eigenvalue weighted by Gasteiger charge is 2.10. The van der Waals surface area contributed by atoms with Crippen LogP contribution in [0.25, 0.3) is 0 Å². The largest absolute Gasteiger partial charge is 0.457 e. The zero-order valence-electron chi connectivity index (χ0n) is 17.1. The van der Waals surface area contributed by atoms with E-state index in [1.807, 2.05) is 54.9 Å². The van der Waals surface area contributed by atoms with Crippen molar-refractivity contribution in [1.82, 2.24) is 15.1 Å². The van der Waals surface area contributed by atoms with Gasteiger partial charge in [-0.15, -0.1) is 0 Å². The second kappa shape index (κ2) is 10.2. The van der Waals surface area contributed by atoms with Gasteiger partial charge in [0.15, 0.2) is 6.61 Å². The minimum atomic E-state index is -0.556. The maximum atomic E-state index is 12.1. The van der Waals surface area contributed by atoms with Crippen LogP contribution < -0.4 is 10.1 Å². The summed E-state index contributed by atoms with van der Waals surface area (Å²) in [5, 5.41) is 7.12. The predicted molar refractivity (Wildman–Crippen MR) is 113 cm³/mol. The third-order valence-electron chi connectivity index (χ3n) is 4.38. The Kier molecular flexibility index (Phi) is 7.21. The summed E-state index contributed by atoms with van der Waals surface area (Å²) in [5.41, 5.74) is 2.42. The lowest BCUT2D eigenvalue weighted by atomic mass is 10.2. The third-order valence-corrected chi connectivity index (χ3v) is 4.38. The van der Waals surface area contributed by atoms with Crippen LogP contribution in [-0.2, 0) is 16.1 Å². The number of nitrogens with one attached hydrogen (secondary N) is 1. The fourth-order valence-corrected chi connectivity index (χ4v) is 2.91. The van der Waals surface area contributed by atoms with E-state index in [1.54, 1.807) is 24.3 Å². The molecule has 1 aromatic heterocycles. The second-order valence-electron chi connectivity index (χ2n) is 6.87. The molecule has 7 nitrogen and oxygen atoms in total. The number of para-hydroxylation sites is 1. The highest BCUT2D eigenvalue weighted by Crippen LogP contribution is 2.21. The Morgan fingerprint density at radius 2 is 1.70 bits per heavy atom. The predicted octanol–water partition coefficient (Wildman–Crippen LogP) is 3.66. The molecule has 0 fully saturated rings. The fourth-order valence-electron chi connectivity index (χ4n) is 2.91. The molecule has 1 N–H and O–H groups in total.